The minimum absolute atomic E-state index is 0.0772. The topological polar surface area (TPSA) is 26.3 Å². The molecule has 0 aliphatic heterocycles. The number of hydrogen-bond acceptors (Lipinski definition) is 2. The summed E-state index contributed by atoms with van der Waals surface area (Å²) in [5.74, 6) is -0.200. The number of carbonyl (C=O) groups is 1. The molecular weight excluding hydrogens is 280 g/mol. The molecule has 0 bridgehead atoms. The molecule has 0 heterocycles. The monoisotopic (exact) mass is 296 g/mol. The Kier molecular flexibility index (Phi) is 3.87. The molecule has 0 saturated heterocycles. The molecule has 0 atom stereocenters. The Morgan fingerprint density at radius 1 is 1.29 bits per heavy atom. The second-order valence-corrected chi connectivity index (χ2v) is 6.80. The van der Waals surface area contributed by atoms with Crippen molar-refractivity contribution in [2.75, 3.05) is 0 Å². The van der Waals surface area contributed by atoms with Gasteiger partial charge in [0.2, 0.25) is 0 Å². The number of benzene rings is 1. The molecule has 1 aliphatic carbocycles. The molecule has 1 aromatic rings. The van der Waals surface area contributed by atoms with Gasteiger partial charge in [0, 0.05) is 4.32 Å². The maximum atomic E-state index is 11.8. The van der Waals surface area contributed by atoms with Gasteiger partial charge in [-0.2, -0.15) is 0 Å². The van der Waals surface area contributed by atoms with Crippen LogP contribution in [-0.4, -0.2) is 16.4 Å². The molecule has 17 heavy (non-hydrogen) atoms. The largest absolute Gasteiger partial charge is 0.459 e. The van der Waals surface area contributed by atoms with E-state index in [4.69, 9.17) is 4.74 Å². The summed E-state index contributed by atoms with van der Waals surface area (Å²) < 4.78 is 5.74. The van der Waals surface area contributed by atoms with Gasteiger partial charge in [-0.15, -0.1) is 0 Å². The zero-order chi connectivity index (χ0) is 12.3. The van der Waals surface area contributed by atoms with Crippen molar-refractivity contribution in [3.8, 4) is 0 Å². The molecule has 0 amide bonds. The molecular formula is C14H17BrO2. The Hall–Kier alpha value is -0.830. The summed E-state index contributed by atoms with van der Waals surface area (Å²) in [5, 5.41) is 0. The first-order valence-electron chi connectivity index (χ1n) is 6.02. The lowest BCUT2D eigenvalue weighted by molar-refractivity contribution is 0.0191. The third-order valence-corrected chi connectivity index (χ3v) is 4.05. The van der Waals surface area contributed by atoms with E-state index in [0.717, 1.165) is 25.7 Å². The van der Waals surface area contributed by atoms with Crippen molar-refractivity contribution < 1.29 is 9.53 Å². The summed E-state index contributed by atoms with van der Waals surface area (Å²) >= 11 is 3.69. The standard InChI is InChI=1S/C14H17BrO2/c1-14(15)9-7-12(8-10-14)17-13(16)11-5-3-2-4-6-11/h2-6,12H,7-10H2,1H3. The van der Waals surface area contributed by atoms with Gasteiger partial charge in [0.1, 0.15) is 6.10 Å². The van der Waals surface area contributed by atoms with E-state index in [1.54, 1.807) is 12.1 Å². The van der Waals surface area contributed by atoms with Crippen molar-refractivity contribution >= 4 is 21.9 Å². The van der Waals surface area contributed by atoms with Gasteiger partial charge in [-0.05, 0) is 44.7 Å². The SMILES string of the molecule is CC1(Br)CCC(OC(=O)c2ccccc2)CC1. The molecule has 2 rings (SSSR count). The van der Waals surface area contributed by atoms with Crippen LogP contribution in [0.4, 0.5) is 0 Å². The van der Waals surface area contributed by atoms with Crippen molar-refractivity contribution in [1.29, 1.82) is 0 Å². The van der Waals surface area contributed by atoms with Gasteiger partial charge in [-0.25, -0.2) is 4.79 Å². The minimum Gasteiger partial charge on any atom is -0.459 e. The molecule has 1 aromatic carbocycles. The highest BCUT2D eigenvalue weighted by Crippen LogP contribution is 2.36. The summed E-state index contributed by atoms with van der Waals surface area (Å²) in [6.07, 6.45) is 4.08. The van der Waals surface area contributed by atoms with E-state index in [1.807, 2.05) is 18.2 Å². The lowest BCUT2D eigenvalue weighted by atomic mass is 9.88. The van der Waals surface area contributed by atoms with Crippen LogP contribution in [0.3, 0.4) is 0 Å². The zero-order valence-corrected chi connectivity index (χ0v) is 11.6. The van der Waals surface area contributed by atoms with Gasteiger partial charge in [0.15, 0.2) is 0 Å². The molecule has 0 aromatic heterocycles. The predicted molar refractivity (Wildman–Crippen MR) is 71.4 cm³/mol. The molecule has 0 spiro atoms. The van der Waals surface area contributed by atoms with Gasteiger partial charge in [-0.1, -0.05) is 34.1 Å². The second kappa shape index (κ2) is 5.21. The van der Waals surface area contributed by atoms with E-state index in [1.165, 1.54) is 0 Å². The highest BCUT2D eigenvalue weighted by atomic mass is 79.9. The summed E-state index contributed by atoms with van der Waals surface area (Å²) in [6.45, 7) is 2.20. The maximum absolute atomic E-state index is 11.8. The predicted octanol–water partition coefficient (Wildman–Crippen LogP) is 3.94. The lowest BCUT2D eigenvalue weighted by Crippen LogP contribution is -2.30. The Labute approximate surface area is 110 Å². The van der Waals surface area contributed by atoms with E-state index < -0.39 is 0 Å². The Bertz CT molecular complexity index is 376. The van der Waals surface area contributed by atoms with Crippen LogP contribution in [0.15, 0.2) is 30.3 Å². The van der Waals surface area contributed by atoms with Crippen LogP contribution < -0.4 is 0 Å². The fourth-order valence-electron chi connectivity index (χ4n) is 2.10. The van der Waals surface area contributed by atoms with Crippen LogP contribution in [0.1, 0.15) is 43.0 Å². The number of alkyl halides is 1. The molecule has 0 N–H and O–H groups in total. The third-order valence-electron chi connectivity index (χ3n) is 3.26. The molecule has 3 heteroatoms. The molecule has 1 fully saturated rings. The van der Waals surface area contributed by atoms with Crippen LogP contribution in [0, 0.1) is 0 Å². The molecule has 0 unspecified atom stereocenters. The van der Waals surface area contributed by atoms with Crippen molar-refractivity contribution in [2.24, 2.45) is 0 Å². The van der Waals surface area contributed by atoms with E-state index in [2.05, 4.69) is 22.9 Å². The first-order valence-corrected chi connectivity index (χ1v) is 6.81. The summed E-state index contributed by atoms with van der Waals surface area (Å²) in [7, 11) is 0. The Balaban J connectivity index is 1.89. The van der Waals surface area contributed by atoms with E-state index in [-0.39, 0.29) is 16.4 Å². The van der Waals surface area contributed by atoms with Crippen molar-refractivity contribution in [3.05, 3.63) is 35.9 Å². The van der Waals surface area contributed by atoms with Crippen molar-refractivity contribution in [1.82, 2.24) is 0 Å². The minimum atomic E-state index is -0.200. The second-order valence-electron chi connectivity index (χ2n) is 4.88. The Morgan fingerprint density at radius 2 is 1.88 bits per heavy atom. The van der Waals surface area contributed by atoms with E-state index >= 15 is 0 Å². The smallest absolute Gasteiger partial charge is 0.338 e. The van der Waals surface area contributed by atoms with Gasteiger partial charge < -0.3 is 4.74 Å². The van der Waals surface area contributed by atoms with Gasteiger partial charge in [-0.3, -0.25) is 0 Å². The molecule has 1 aliphatic rings. The van der Waals surface area contributed by atoms with Gasteiger partial charge in [0.25, 0.3) is 0 Å². The third kappa shape index (κ3) is 3.56. The molecule has 2 nitrogen and oxygen atoms in total. The van der Waals surface area contributed by atoms with Crippen LogP contribution in [0.5, 0.6) is 0 Å². The maximum Gasteiger partial charge on any atom is 0.338 e. The van der Waals surface area contributed by atoms with Gasteiger partial charge >= 0.3 is 5.97 Å². The summed E-state index contributed by atoms with van der Waals surface area (Å²) in [4.78, 5) is 11.8. The normalized spacial score (nSPS) is 28.7. The summed E-state index contributed by atoms with van der Waals surface area (Å²) in [6, 6.07) is 9.19. The molecule has 0 radical (unpaired) electrons. The number of carbonyl (C=O) groups excluding carboxylic acids is 1. The van der Waals surface area contributed by atoms with Gasteiger partial charge in [0.05, 0.1) is 5.56 Å². The lowest BCUT2D eigenvalue weighted by Gasteiger charge is -2.32. The van der Waals surface area contributed by atoms with E-state index in [0.29, 0.717) is 5.56 Å². The molecule has 1 saturated carbocycles. The van der Waals surface area contributed by atoms with Crippen molar-refractivity contribution in [3.63, 3.8) is 0 Å². The number of esters is 1. The highest BCUT2D eigenvalue weighted by molar-refractivity contribution is 9.10. The number of halogens is 1. The average molecular weight is 297 g/mol. The number of rotatable bonds is 2. The molecule has 92 valence electrons. The van der Waals surface area contributed by atoms with Crippen LogP contribution in [0.25, 0.3) is 0 Å². The fraction of sp³-hybridized carbons (Fsp3) is 0.500. The van der Waals surface area contributed by atoms with Crippen molar-refractivity contribution in [2.45, 2.75) is 43.0 Å². The quantitative estimate of drug-likeness (QED) is 0.610. The number of hydrogen-bond donors (Lipinski definition) is 0. The first-order chi connectivity index (χ1) is 8.07. The average Bonchev–Trinajstić information content (AvgIpc) is 2.33. The zero-order valence-electron chi connectivity index (χ0n) is 9.99. The fourth-order valence-corrected chi connectivity index (χ4v) is 2.56. The van der Waals surface area contributed by atoms with E-state index in [9.17, 15) is 4.79 Å². The summed E-state index contributed by atoms with van der Waals surface area (Å²) in [5.41, 5.74) is 0.639. The number of ether oxygens (including phenoxy) is 1. The Morgan fingerprint density at radius 3 is 2.47 bits per heavy atom. The highest BCUT2D eigenvalue weighted by Gasteiger charge is 2.30. The van der Waals surface area contributed by atoms with Crippen LogP contribution in [0.2, 0.25) is 0 Å². The van der Waals surface area contributed by atoms with Crippen LogP contribution in [-0.2, 0) is 4.74 Å². The van der Waals surface area contributed by atoms with Crippen LogP contribution >= 0.6 is 15.9 Å². The first kappa shape index (κ1) is 12.6.